The number of aromatic nitrogens is 4. The van der Waals surface area contributed by atoms with Crippen molar-refractivity contribution in [2.24, 2.45) is 5.92 Å². The van der Waals surface area contributed by atoms with Gasteiger partial charge >= 0.3 is 13.8 Å². The quantitative estimate of drug-likeness (QED) is 0.347. The number of nitrogens with zero attached hydrogens (tertiary/aromatic N) is 4. The summed E-state index contributed by atoms with van der Waals surface area (Å²) in [5, 5.41) is -0.00356. The van der Waals surface area contributed by atoms with E-state index in [9.17, 15) is 9.36 Å². The zero-order valence-electron chi connectivity index (χ0n) is 17.8. The predicted octanol–water partition coefficient (Wildman–Crippen LogP) is 2.87. The third-order valence-corrected chi connectivity index (χ3v) is 6.79. The molecule has 1 unspecified atom stereocenters. The van der Waals surface area contributed by atoms with Crippen LogP contribution in [0.2, 0.25) is 5.28 Å². The largest absolute Gasteiger partial charge is 0.475 e. The highest BCUT2D eigenvalue weighted by atomic mass is 35.5. The van der Waals surface area contributed by atoms with E-state index in [1.54, 1.807) is 25.3 Å². The number of ether oxygens (including phenoxy) is 2. The smallest absolute Gasteiger partial charge is 0.463 e. The number of imidazole rings is 1. The molecule has 2 N–H and O–H groups in total. The molecule has 0 spiro atoms. The van der Waals surface area contributed by atoms with E-state index < -0.39 is 32.2 Å². The minimum Gasteiger partial charge on any atom is -0.463 e. The van der Waals surface area contributed by atoms with E-state index in [1.165, 1.54) is 6.33 Å². The number of phosphoric acid groups is 1. The maximum atomic E-state index is 12.9. The number of fused-ring (bicyclic) bond motifs is 2. The fourth-order valence-electron chi connectivity index (χ4n) is 3.49. The van der Waals surface area contributed by atoms with Crippen LogP contribution in [0.3, 0.4) is 0 Å². The van der Waals surface area contributed by atoms with Gasteiger partial charge in [-0.3, -0.25) is 22.9 Å². The molecule has 14 heteroatoms. The lowest BCUT2D eigenvalue weighted by molar-refractivity contribution is -0.152. The molecule has 0 radical (unpaired) electrons. The molecule has 0 aromatic carbocycles. The molecule has 4 rings (SSSR count). The van der Waals surface area contributed by atoms with Gasteiger partial charge < -0.3 is 15.2 Å². The van der Waals surface area contributed by atoms with Crippen molar-refractivity contribution in [1.29, 1.82) is 0 Å². The molecule has 0 aliphatic carbocycles. The molecule has 0 bridgehead atoms. The van der Waals surface area contributed by atoms with Gasteiger partial charge in [0.15, 0.2) is 11.5 Å². The summed E-state index contributed by atoms with van der Waals surface area (Å²) in [4.78, 5) is 24.2. The Labute approximate surface area is 189 Å². The van der Waals surface area contributed by atoms with E-state index >= 15 is 0 Å². The first-order chi connectivity index (χ1) is 15.1. The number of nitrogens with two attached hydrogens (primary N) is 1. The van der Waals surface area contributed by atoms with Crippen molar-refractivity contribution in [3.05, 3.63) is 11.6 Å². The van der Waals surface area contributed by atoms with Crippen LogP contribution in [-0.4, -0.2) is 57.0 Å². The van der Waals surface area contributed by atoms with Crippen LogP contribution in [0.5, 0.6) is 0 Å². The molecule has 4 heterocycles. The van der Waals surface area contributed by atoms with Crippen LogP contribution in [0, 0.1) is 5.92 Å². The molecule has 32 heavy (non-hydrogen) atoms. The Morgan fingerprint density at radius 1 is 1.38 bits per heavy atom. The van der Waals surface area contributed by atoms with Crippen LogP contribution in [0.4, 0.5) is 5.82 Å². The number of carbonyl (C=O) groups is 1. The van der Waals surface area contributed by atoms with Gasteiger partial charge in [-0.2, -0.15) is 9.97 Å². The van der Waals surface area contributed by atoms with E-state index in [2.05, 4.69) is 15.0 Å². The minimum atomic E-state index is -3.79. The fourth-order valence-corrected chi connectivity index (χ4v) is 5.07. The second-order valence-electron chi connectivity index (χ2n) is 7.96. The summed E-state index contributed by atoms with van der Waals surface area (Å²) in [5.74, 6) is -0.578. The van der Waals surface area contributed by atoms with Crippen LogP contribution in [0.25, 0.3) is 11.2 Å². The Hall–Kier alpha value is -1.82. The second kappa shape index (κ2) is 9.20. The first kappa shape index (κ1) is 23.3. The summed E-state index contributed by atoms with van der Waals surface area (Å²) in [5.41, 5.74) is 6.68. The molecule has 0 amide bonds. The molecule has 2 aliphatic heterocycles. The Balaban J connectivity index is 1.36. The molecule has 2 fully saturated rings. The van der Waals surface area contributed by atoms with Crippen molar-refractivity contribution in [2.45, 2.75) is 58.2 Å². The topological polar surface area (TPSA) is 150 Å². The zero-order valence-corrected chi connectivity index (χ0v) is 19.5. The van der Waals surface area contributed by atoms with Gasteiger partial charge in [-0.25, -0.2) is 9.55 Å². The van der Waals surface area contributed by atoms with Gasteiger partial charge in [0, 0.05) is 6.42 Å². The maximum Gasteiger partial charge on any atom is 0.475 e. The Bertz CT molecular complexity index is 1050. The zero-order chi connectivity index (χ0) is 23.0. The lowest BCUT2D eigenvalue weighted by Crippen LogP contribution is -2.33. The number of anilines is 1. The Morgan fingerprint density at radius 2 is 2.16 bits per heavy atom. The number of esters is 1. The number of phosphoric ester groups is 1. The third kappa shape index (κ3) is 4.90. The van der Waals surface area contributed by atoms with Crippen LogP contribution in [0.1, 0.15) is 39.8 Å². The minimum absolute atomic E-state index is 0.00356. The van der Waals surface area contributed by atoms with Crippen LogP contribution < -0.4 is 5.73 Å². The van der Waals surface area contributed by atoms with Gasteiger partial charge in [0.1, 0.15) is 24.0 Å². The summed E-state index contributed by atoms with van der Waals surface area (Å²) in [6.45, 7) is 5.33. The van der Waals surface area contributed by atoms with Crippen molar-refractivity contribution in [3.63, 3.8) is 0 Å². The van der Waals surface area contributed by atoms with Crippen molar-refractivity contribution < 1.29 is 32.4 Å². The molecule has 12 nitrogen and oxygen atoms in total. The molecule has 2 aromatic rings. The van der Waals surface area contributed by atoms with Gasteiger partial charge in [-0.1, -0.05) is 6.92 Å². The maximum absolute atomic E-state index is 12.9. The highest BCUT2D eigenvalue weighted by molar-refractivity contribution is 7.48. The number of rotatable bonds is 7. The monoisotopic (exact) mass is 489 g/mol. The number of nitrogen functional groups attached to an aromatic ring is 1. The van der Waals surface area contributed by atoms with Crippen molar-refractivity contribution in [1.82, 2.24) is 19.5 Å². The second-order valence-corrected chi connectivity index (χ2v) is 9.92. The molecule has 2 saturated heterocycles. The van der Waals surface area contributed by atoms with Gasteiger partial charge in [0.2, 0.25) is 5.28 Å². The summed E-state index contributed by atoms with van der Waals surface area (Å²) >= 11 is 5.92. The van der Waals surface area contributed by atoms with Gasteiger partial charge in [0.25, 0.3) is 0 Å². The summed E-state index contributed by atoms with van der Waals surface area (Å²) in [6, 6.07) is 0. The number of hydrogen-bond donors (Lipinski definition) is 1. The molecule has 2 aromatic heterocycles. The normalized spacial score (nSPS) is 28.7. The fraction of sp³-hybridized carbons (Fsp3) is 0.667. The van der Waals surface area contributed by atoms with Crippen LogP contribution in [-0.2, 0) is 32.4 Å². The standard InChI is InChI=1S/C18H25ClN5O7P/c1-9(2)29-17(25)10(3)4-5-27-32(26)28-7-12-11(31-32)6-13(30-12)24-8-21-14-15(20)22-18(19)23-16(14)24/h8-13H,4-7H2,1-3H3,(H2,20,22,23)/t10-,11-,12+,13+,32?/m0/s1. The molecule has 5 atom stereocenters. The summed E-state index contributed by atoms with van der Waals surface area (Å²) < 4.78 is 42.1. The molecule has 176 valence electrons. The van der Waals surface area contributed by atoms with Crippen LogP contribution in [0.15, 0.2) is 6.33 Å². The summed E-state index contributed by atoms with van der Waals surface area (Å²) in [7, 11) is -3.79. The first-order valence-corrected chi connectivity index (χ1v) is 12.1. The van der Waals surface area contributed by atoms with Gasteiger partial charge in [-0.15, -0.1) is 0 Å². The first-order valence-electron chi connectivity index (χ1n) is 10.2. The SMILES string of the molecule is CC(C)OC(=O)[C@@H](C)CCOP1(=O)OC[C@H]2O[C@@H](n3cnc4c(N)nc(Cl)nc43)C[C@@H]2O1. The molecular weight excluding hydrogens is 465 g/mol. The highest BCUT2D eigenvalue weighted by Crippen LogP contribution is 2.56. The third-order valence-electron chi connectivity index (χ3n) is 5.13. The molecular formula is C18H25ClN5O7P. The van der Waals surface area contributed by atoms with E-state index in [-0.39, 0.29) is 36.4 Å². The van der Waals surface area contributed by atoms with Crippen LogP contribution >= 0.6 is 19.4 Å². The van der Waals surface area contributed by atoms with Crippen molar-refractivity contribution in [2.75, 3.05) is 18.9 Å². The van der Waals surface area contributed by atoms with E-state index in [0.717, 1.165) is 0 Å². The van der Waals surface area contributed by atoms with E-state index in [1.807, 2.05) is 0 Å². The lowest BCUT2D eigenvalue weighted by atomic mass is 10.1. The summed E-state index contributed by atoms with van der Waals surface area (Å²) in [6.07, 6.45) is 0.550. The number of carbonyl (C=O) groups excluding carboxylic acids is 1. The van der Waals surface area contributed by atoms with E-state index in [0.29, 0.717) is 24.0 Å². The number of hydrogen-bond acceptors (Lipinski definition) is 11. The Morgan fingerprint density at radius 3 is 2.91 bits per heavy atom. The van der Waals surface area contributed by atoms with Crippen molar-refractivity contribution in [3.8, 4) is 0 Å². The average Bonchev–Trinajstić information content (AvgIpc) is 3.30. The average molecular weight is 490 g/mol. The van der Waals surface area contributed by atoms with Gasteiger partial charge in [0.05, 0.1) is 31.6 Å². The molecule has 0 saturated carbocycles. The lowest BCUT2D eigenvalue weighted by Gasteiger charge is -2.30. The highest BCUT2D eigenvalue weighted by Gasteiger charge is 2.48. The van der Waals surface area contributed by atoms with Gasteiger partial charge in [-0.05, 0) is 31.9 Å². The number of halogens is 1. The van der Waals surface area contributed by atoms with Crippen molar-refractivity contribution >= 4 is 42.4 Å². The van der Waals surface area contributed by atoms with E-state index in [4.69, 9.17) is 40.4 Å². The Kier molecular flexibility index (Phi) is 6.71. The molecule has 2 aliphatic rings. The predicted molar refractivity (Wildman–Crippen MR) is 113 cm³/mol.